The van der Waals surface area contributed by atoms with Gasteiger partial charge >= 0.3 is 0 Å². The van der Waals surface area contributed by atoms with Crippen LogP contribution in [0.5, 0.6) is 0 Å². The fourth-order valence-electron chi connectivity index (χ4n) is 1.51. The number of ketones is 1. The lowest BCUT2D eigenvalue weighted by Crippen LogP contribution is -2.12. The zero-order valence-electron chi connectivity index (χ0n) is 9.13. The van der Waals surface area contributed by atoms with Gasteiger partial charge < -0.3 is 10.8 Å². The van der Waals surface area contributed by atoms with Gasteiger partial charge in [0.15, 0.2) is 0 Å². The third kappa shape index (κ3) is 2.08. The number of carbonyl (C=O) groups excluding carboxylic acids is 2. The highest BCUT2D eigenvalue weighted by Gasteiger charge is 2.29. The Morgan fingerprint density at radius 2 is 1.69 bits per heavy atom. The van der Waals surface area contributed by atoms with Crippen molar-refractivity contribution < 1.29 is 15.1 Å². The third-order valence-corrected chi connectivity index (χ3v) is 2.42. The van der Waals surface area contributed by atoms with Gasteiger partial charge in [-0.15, -0.1) is 0 Å². The van der Waals surface area contributed by atoms with E-state index in [1.807, 2.05) is 19.9 Å². The Bertz CT molecular complexity index is 430. The molecule has 0 aliphatic carbocycles. The molecule has 0 unspecified atom stereocenters. The second-order valence-electron chi connectivity index (χ2n) is 3.21. The Morgan fingerprint density at radius 3 is 2.25 bits per heavy atom. The van der Waals surface area contributed by atoms with Crippen LogP contribution in [0.25, 0.3) is 0 Å². The zero-order valence-corrected chi connectivity index (χ0v) is 9.13. The molecule has 7 N–H and O–H groups in total. The largest absolute Gasteiger partial charge is 0.412 e. The van der Waals surface area contributed by atoms with E-state index in [4.69, 9.17) is 0 Å². The average molecular weight is 225 g/mol. The summed E-state index contributed by atoms with van der Waals surface area (Å²) >= 11 is 0. The summed E-state index contributed by atoms with van der Waals surface area (Å²) in [5.74, 6) is 7.06. The summed E-state index contributed by atoms with van der Waals surface area (Å²) in [5.41, 5.74) is 3.09. The lowest BCUT2D eigenvalue weighted by Gasteiger charge is -2.03. The molecule has 1 aliphatic heterocycles. The maximum Gasteiger partial charge on any atom is 0.296 e. The van der Waals surface area contributed by atoms with Crippen LogP contribution in [0.1, 0.15) is 21.5 Å². The van der Waals surface area contributed by atoms with Crippen LogP contribution in [-0.4, -0.2) is 17.2 Å². The Morgan fingerprint density at radius 1 is 1.12 bits per heavy atom. The average Bonchev–Trinajstić information content (AvgIpc) is 2.53. The second kappa shape index (κ2) is 5.36. The number of Topliss-reactive ketones (excluding diaryl/α,β-unsaturated/α-hetero) is 1. The Hall–Kier alpha value is -1.76. The summed E-state index contributed by atoms with van der Waals surface area (Å²) in [5, 5.41) is 2.53. The van der Waals surface area contributed by atoms with Gasteiger partial charge in [-0.3, -0.25) is 21.3 Å². The minimum absolute atomic E-state index is 0. The molecule has 1 amide bonds. The number of hydrazine groups is 1. The smallest absolute Gasteiger partial charge is 0.296 e. The zero-order chi connectivity index (χ0) is 11.6. The van der Waals surface area contributed by atoms with Gasteiger partial charge in [0.2, 0.25) is 0 Å². The SMILES string of the molecule is Cc1ccc2c(c1C)C(=O)C(=O)N2.NN.O. The molecule has 16 heavy (non-hydrogen) atoms. The summed E-state index contributed by atoms with van der Waals surface area (Å²) < 4.78 is 0. The number of nitrogens with one attached hydrogen (secondary N) is 1. The van der Waals surface area contributed by atoms with Gasteiger partial charge in [0, 0.05) is 0 Å². The van der Waals surface area contributed by atoms with Crippen LogP contribution in [0.4, 0.5) is 5.69 Å². The third-order valence-electron chi connectivity index (χ3n) is 2.42. The second-order valence-corrected chi connectivity index (χ2v) is 3.21. The quantitative estimate of drug-likeness (QED) is 0.310. The van der Waals surface area contributed by atoms with E-state index in [2.05, 4.69) is 17.0 Å². The van der Waals surface area contributed by atoms with Crippen molar-refractivity contribution >= 4 is 17.4 Å². The van der Waals surface area contributed by atoms with Crippen molar-refractivity contribution in [2.45, 2.75) is 13.8 Å². The Labute approximate surface area is 92.9 Å². The molecule has 1 aromatic rings. The fraction of sp³-hybridized carbons (Fsp3) is 0.200. The molecule has 0 atom stereocenters. The molecule has 1 aliphatic rings. The normalized spacial score (nSPS) is 12.0. The number of aryl methyl sites for hydroxylation is 1. The number of carbonyl (C=O) groups is 2. The summed E-state index contributed by atoms with van der Waals surface area (Å²) in [6.45, 7) is 3.78. The molecular weight excluding hydrogens is 210 g/mol. The lowest BCUT2D eigenvalue weighted by molar-refractivity contribution is -0.112. The van der Waals surface area contributed by atoms with E-state index in [-0.39, 0.29) is 5.48 Å². The van der Waals surface area contributed by atoms with Crippen LogP contribution in [0, 0.1) is 13.8 Å². The van der Waals surface area contributed by atoms with Crippen molar-refractivity contribution in [1.82, 2.24) is 0 Å². The number of fused-ring (bicyclic) bond motifs is 1. The van der Waals surface area contributed by atoms with Gasteiger partial charge in [-0.2, -0.15) is 0 Å². The van der Waals surface area contributed by atoms with Gasteiger partial charge in [0.25, 0.3) is 11.7 Å². The van der Waals surface area contributed by atoms with Crippen LogP contribution in [0.3, 0.4) is 0 Å². The predicted molar refractivity (Wildman–Crippen MR) is 60.9 cm³/mol. The molecule has 88 valence electrons. The number of benzene rings is 1. The van der Waals surface area contributed by atoms with E-state index in [9.17, 15) is 9.59 Å². The van der Waals surface area contributed by atoms with Crippen molar-refractivity contribution in [3.63, 3.8) is 0 Å². The molecule has 0 saturated carbocycles. The van der Waals surface area contributed by atoms with Gasteiger partial charge in [0.05, 0.1) is 11.3 Å². The van der Waals surface area contributed by atoms with Crippen LogP contribution in [0.15, 0.2) is 12.1 Å². The number of hydrogen-bond donors (Lipinski definition) is 3. The van der Waals surface area contributed by atoms with Gasteiger partial charge in [-0.05, 0) is 31.0 Å². The first-order valence-electron chi connectivity index (χ1n) is 4.40. The van der Waals surface area contributed by atoms with Crippen molar-refractivity contribution in [2.75, 3.05) is 5.32 Å². The van der Waals surface area contributed by atoms with E-state index >= 15 is 0 Å². The highest BCUT2D eigenvalue weighted by atomic mass is 16.2. The molecular formula is C10H15N3O3. The maximum absolute atomic E-state index is 11.4. The molecule has 1 heterocycles. The van der Waals surface area contributed by atoms with E-state index in [0.29, 0.717) is 11.3 Å². The minimum atomic E-state index is -0.524. The molecule has 0 fully saturated rings. The number of amides is 1. The van der Waals surface area contributed by atoms with Crippen LogP contribution in [-0.2, 0) is 4.79 Å². The Kier molecular flexibility index (Phi) is 4.77. The number of hydrogen-bond acceptors (Lipinski definition) is 4. The molecule has 0 saturated heterocycles. The van der Waals surface area contributed by atoms with Gasteiger partial charge in [-0.25, -0.2) is 0 Å². The number of nitrogens with two attached hydrogens (primary N) is 2. The van der Waals surface area contributed by atoms with E-state index in [0.717, 1.165) is 11.1 Å². The predicted octanol–water partition coefficient (Wildman–Crippen LogP) is -0.568. The highest BCUT2D eigenvalue weighted by molar-refractivity contribution is 6.52. The van der Waals surface area contributed by atoms with E-state index < -0.39 is 11.7 Å². The Balaban J connectivity index is 0.000000711. The number of anilines is 1. The van der Waals surface area contributed by atoms with Crippen molar-refractivity contribution in [3.05, 3.63) is 28.8 Å². The number of rotatable bonds is 0. The monoisotopic (exact) mass is 225 g/mol. The standard InChI is InChI=1S/C10H9NO2.H4N2.H2O/c1-5-3-4-7-8(6(5)2)9(12)10(13)11-7;1-2;/h3-4H,1-2H3,(H,11,12,13);1-2H2;1H2. The van der Waals surface area contributed by atoms with Gasteiger partial charge in [0.1, 0.15) is 0 Å². The van der Waals surface area contributed by atoms with Crippen LogP contribution < -0.4 is 17.0 Å². The molecule has 6 nitrogen and oxygen atoms in total. The molecule has 0 aromatic heterocycles. The summed E-state index contributed by atoms with van der Waals surface area (Å²) in [7, 11) is 0. The molecule has 0 radical (unpaired) electrons. The van der Waals surface area contributed by atoms with Crippen LogP contribution in [0.2, 0.25) is 0 Å². The van der Waals surface area contributed by atoms with E-state index in [1.54, 1.807) is 6.07 Å². The summed E-state index contributed by atoms with van der Waals surface area (Å²) in [6, 6.07) is 3.66. The molecule has 0 bridgehead atoms. The fourth-order valence-corrected chi connectivity index (χ4v) is 1.51. The first-order chi connectivity index (χ1) is 7.11. The molecule has 2 rings (SSSR count). The first-order valence-corrected chi connectivity index (χ1v) is 4.40. The lowest BCUT2D eigenvalue weighted by atomic mass is 10.0. The topological polar surface area (TPSA) is 130 Å². The van der Waals surface area contributed by atoms with Crippen molar-refractivity contribution in [1.29, 1.82) is 0 Å². The van der Waals surface area contributed by atoms with Crippen LogP contribution >= 0.6 is 0 Å². The summed E-state index contributed by atoms with van der Waals surface area (Å²) in [4.78, 5) is 22.4. The maximum atomic E-state index is 11.4. The van der Waals surface area contributed by atoms with Crippen molar-refractivity contribution in [3.8, 4) is 0 Å². The molecule has 6 heteroatoms. The van der Waals surface area contributed by atoms with E-state index in [1.165, 1.54) is 0 Å². The summed E-state index contributed by atoms with van der Waals surface area (Å²) in [6.07, 6.45) is 0. The first kappa shape index (κ1) is 14.2. The van der Waals surface area contributed by atoms with Gasteiger partial charge in [-0.1, -0.05) is 6.07 Å². The van der Waals surface area contributed by atoms with Crippen molar-refractivity contribution in [2.24, 2.45) is 11.7 Å². The highest BCUT2D eigenvalue weighted by Crippen LogP contribution is 2.27. The molecule has 1 aromatic carbocycles. The molecule has 0 spiro atoms. The minimum Gasteiger partial charge on any atom is -0.412 e.